The first kappa shape index (κ1) is 16.1. The third kappa shape index (κ3) is 5.55. The van der Waals surface area contributed by atoms with Gasteiger partial charge in [0.05, 0.1) is 31.6 Å². The summed E-state index contributed by atoms with van der Waals surface area (Å²) in [5.74, 6) is 0. The second-order valence-corrected chi connectivity index (χ2v) is 5.29. The van der Waals surface area contributed by atoms with E-state index in [-0.39, 0.29) is 6.04 Å². The highest BCUT2D eigenvalue weighted by Gasteiger charge is 2.32. The fourth-order valence-electron chi connectivity index (χ4n) is 2.47. The maximum Gasteiger partial charge on any atom is 0.401 e. The number of aromatic nitrogens is 2. The van der Waals surface area contributed by atoms with Gasteiger partial charge in [-0.1, -0.05) is 0 Å². The van der Waals surface area contributed by atoms with Crippen molar-refractivity contribution in [3.05, 3.63) is 12.4 Å². The summed E-state index contributed by atoms with van der Waals surface area (Å²) < 4.78 is 43.7. The van der Waals surface area contributed by atoms with Crippen LogP contribution < -0.4 is 5.32 Å². The van der Waals surface area contributed by atoms with E-state index in [0.717, 1.165) is 5.69 Å². The van der Waals surface area contributed by atoms with Crippen LogP contribution in [0, 0.1) is 0 Å². The molecule has 1 aromatic rings. The molecule has 1 aliphatic heterocycles. The van der Waals surface area contributed by atoms with Crippen LogP contribution in [0.2, 0.25) is 0 Å². The van der Waals surface area contributed by atoms with Gasteiger partial charge in [-0.25, -0.2) is 0 Å². The van der Waals surface area contributed by atoms with Crippen LogP contribution in [0.1, 0.15) is 12.8 Å². The molecule has 0 amide bonds. The predicted octanol–water partition coefficient (Wildman–Crippen LogP) is 1.97. The number of hydrogen-bond acceptors (Lipinski definition) is 4. The summed E-state index contributed by atoms with van der Waals surface area (Å²) in [6, 6.07) is 0.203. The molecule has 21 heavy (non-hydrogen) atoms. The van der Waals surface area contributed by atoms with Crippen LogP contribution >= 0.6 is 0 Å². The Kier molecular flexibility index (Phi) is 5.46. The van der Waals surface area contributed by atoms with Crippen molar-refractivity contribution >= 4 is 5.69 Å². The van der Waals surface area contributed by atoms with Crippen LogP contribution in [-0.2, 0) is 11.3 Å². The third-order valence-electron chi connectivity index (χ3n) is 3.52. The Morgan fingerprint density at radius 3 is 2.71 bits per heavy atom. The molecule has 1 fully saturated rings. The molecule has 0 radical (unpaired) electrons. The van der Waals surface area contributed by atoms with Gasteiger partial charge in [-0.2, -0.15) is 18.3 Å². The van der Waals surface area contributed by atoms with Gasteiger partial charge in [0.15, 0.2) is 0 Å². The normalized spacial score (nSPS) is 18.1. The van der Waals surface area contributed by atoms with Gasteiger partial charge in [-0.15, -0.1) is 0 Å². The molecular formula is C13H21F3N4O. The molecule has 0 spiro atoms. The zero-order valence-electron chi connectivity index (χ0n) is 12.1. The van der Waals surface area contributed by atoms with E-state index < -0.39 is 12.7 Å². The van der Waals surface area contributed by atoms with E-state index in [2.05, 4.69) is 10.4 Å². The van der Waals surface area contributed by atoms with Crippen LogP contribution in [0.3, 0.4) is 0 Å². The van der Waals surface area contributed by atoms with E-state index in [1.807, 2.05) is 6.20 Å². The van der Waals surface area contributed by atoms with Gasteiger partial charge >= 0.3 is 6.18 Å². The summed E-state index contributed by atoms with van der Waals surface area (Å²) in [4.78, 5) is 1.46. The van der Waals surface area contributed by atoms with Gasteiger partial charge < -0.3 is 10.1 Å². The van der Waals surface area contributed by atoms with Crippen molar-refractivity contribution < 1.29 is 17.9 Å². The second-order valence-electron chi connectivity index (χ2n) is 5.29. The van der Waals surface area contributed by atoms with Crippen LogP contribution in [-0.4, -0.2) is 60.2 Å². The van der Waals surface area contributed by atoms with Crippen molar-refractivity contribution in [2.45, 2.75) is 31.6 Å². The standard InChI is InChI=1S/C13H21F3N4O/c1-21-7-6-20-9-12(8-17-20)18-11-2-4-19(5-3-11)10-13(14,15)16/h8-9,11,18H,2-7,10H2,1H3. The minimum Gasteiger partial charge on any atom is -0.383 e. The molecular weight excluding hydrogens is 285 g/mol. The van der Waals surface area contributed by atoms with E-state index in [9.17, 15) is 13.2 Å². The lowest BCUT2D eigenvalue weighted by Gasteiger charge is -2.32. The highest BCUT2D eigenvalue weighted by Crippen LogP contribution is 2.21. The first-order valence-electron chi connectivity index (χ1n) is 7.03. The van der Waals surface area contributed by atoms with Gasteiger partial charge in [-0.05, 0) is 12.8 Å². The van der Waals surface area contributed by atoms with Gasteiger partial charge in [0.1, 0.15) is 0 Å². The first-order chi connectivity index (χ1) is 9.96. The van der Waals surface area contributed by atoms with Crippen LogP contribution in [0.25, 0.3) is 0 Å². The average Bonchev–Trinajstić information content (AvgIpc) is 2.85. The average molecular weight is 306 g/mol. The third-order valence-corrected chi connectivity index (χ3v) is 3.52. The van der Waals surface area contributed by atoms with Crippen LogP contribution in [0.4, 0.5) is 18.9 Å². The van der Waals surface area contributed by atoms with Crippen LogP contribution in [0.15, 0.2) is 12.4 Å². The number of halogens is 3. The minimum absolute atomic E-state index is 0.203. The van der Waals surface area contributed by atoms with E-state index >= 15 is 0 Å². The molecule has 0 atom stereocenters. The quantitative estimate of drug-likeness (QED) is 0.872. The molecule has 1 aliphatic rings. The number of nitrogens with zero attached hydrogens (tertiary/aromatic N) is 3. The molecule has 1 saturated heterocycles. The molecule has 5 nitrogen and oxygen atoms in total. The lowest BCUT2D eigenvalue weighted by Crippen LogP contribution is -2.43. The lowest BCUT2D eigenvalue weighted by molar-refractivity contribution is -0.147. The van der Waals surface area contributed by atoms with Crippen molar-refractivity contribution in [3.63, 3.8) is 0 Å². The molecule has 1 N–H and O–H groups in total. The molecule has 8 heteroatoms. The Labute approximate surface area is 122 Å². The topological polar surface area (TPSA) is 42.3 Å². The maximum absolute atomic E-state index is 12.3. The molecule has 2 rings (SSSR count). The van der Waals surface area contributed by atoms with Crippen LogP contribution in [0.5, 0.6) is 0 Å². The first-order valence-corrected chi connectivity index (χ1v) is 7.03. The summed E-state index contributed by atoms with van der Waals surface area (Å²) in [7, 11) is 1.64. The summed E-state index contributed by atoms with van der Waals surface area (Å²) in [6.07, 6.45) is 0.931. The van der Waals surface area contributed by atoms with E-state index in [1.54, 1.807) is 18.0 Å². The number of ether oxygens (including phenoxy) is 1. The SMILES string of the molecule is COCCn1cc(NC2CCN(CC(F)(F)F)CC2)cn1. The fourth-order valence-corrected chi connectivity index (χ4v) is 2.47. The largest absolute Gasteiger partial charge is 0.401 e. The molecule has 0 saturated carbocycles. The summed E-state index contributed by atoms with van der Waals surface area (Å²) in [6.45, 7) is 1.40. The highest BCUT2D eigenvalue weighted by molar-refractivity contribution is 5.39. The van der Waals surface area contributed by atoms with Crippen molar-refractivity contribution in [1.82, 2.24) is 14.7 Å². The Balaban J connectivity index is 1.74. The number of anilines is 1. The van der Waals surface area contributed by atoms with E-state index in [4.69, 9.17) is 4.74 Å². The Bertz CT molecular complexity index is 427. The molecule has 0 aromatic carbocycles. The molecule has 0 unspecified atom stereocenters. The molecule has 2 heterocycles. The highest BCUT2D eigenvalue weighted by atomic mass is 19.4. The number of rotatable bonds is 6. The number of nitrogens with one attached hydrogen (secondary N) is 1. The van der Waals surface area contributed by atoms with Gasteiger partial charge in [0, 0.05) is 32.4 Å². The Hall–Kier alpha value is -1.28. The fraction of sp³-hybridized carbons (Fsp3) is 0.769. The Morgan fingerprint density at radius 2 is 2.10 bits per heavy atom. The number of piperidine rings is 1. The molecule has 0 bridgehead atoms. The smallest absolute Gasteiger partial charge is 0.383 e. The van der Waals surface area contributed by atoms with Crippen molar-refractivity contribution in [2.75, 3.05) is 38.7 Å². The van der Waals surface area contributed by atoms with E-state index in [0.29, 0.717) is 39.1 Å². The Morgan fingerprint density at radius 1 is 1.38 bits per heavy atom. The minimum atomic E-state index is -4.11. The van der Waals surface area contributed by atoms with E-state index in [1.165, 1.54) is 4.90 Å². The van der Waals surface area contributed by atoms with Gasteiger partial charge in [0.25, 0.3) is 0 Å². The van der Waals surface area contributed by atoms with Crippen molar-refractivity contribution in [1.29, 1.82) is 0 Å². The van der Waals surface area contributed by atoms with Gasteiger partial charge in [-0.3, -0.25) is 9.58 Å². The number of methoxy groups -OCH3 is 1. The monoisotopic (exact) mass is 306 g/mol. The number of alkyl halides is 3. The second kappa shape index (κ2) is 7.13. The van der Waals surface area contributed by atoms with Gasteiger partial charge in [0.2, 0.25) is 0 Å². The number of hydrogen-bond donors (Lipinski definition) is 1. The lowest BCUT2D eigenvalue weighted by atomic mass is 10.0. The summed E-state index contributed by atoms with van der Waals surface area (Å²) in [5.41, 5.74) is 0.903. The molecule has 120 valence electrons. The number of likely N-dealkylation sites (tertiary alicyclic amines) is 1. The maximum atomic E-state index is 12.3. The summed E-state index contributed by atoms with van der Waals surface area (Å²) in [5, 5.41) is 7.53. The molecule has 1 aromatic heterocycles. The zero-order chi connectivity index (χ0) is 15.3. The zero-order valence-corrected chi connectivity index (χ0v) is 12.1. The predicted molar refractivity (Wildman–Crippen MR) is 73.2 cm³/mol. The summed E-state index contributed by atoms with van der Waals surface area (Å²) >= 11 is 0. The van der Waals surface area contributed by atoms with Crippen molar-refractivity contribution in [2.24, 2.45) is 0 Å². The molecule has 0 aliphatic carbocycles. The van der Waals surface area contributed by atoms with Crippen molar-refractivity contribution in [3.8, 4) is 0 Å².